The minimum absolute atomic E-state index is 0.933. The van der Waals surface area contributed by atoms with Crippen LogP contribution in [0.3, 0.4) is 0 Å². The van der Waals surface area contributed by atoms with Crippen molar-refractivity contribution in [3.8, 4) is 0 Å². The summed E-state index contributed by atoms with van der Waals surface area (Å²) in [7, 11) is 1.99. The monoisotopic (exact) mass is 215 g/mol. The Kier molecular flexibility index (Phi) is 2.82. The standard InChI is InChI=1S/C7H10BrN3/c1-3-11(2)7-6(8)4-9-5-10-7/h4-5H,3H2,1-2H3. The first kappa shape index (κ1) is 8.46. The summed E-state index contributed by atoms with van der Waals surface area (Å²) in [5, 5.41) is 0. The average molecular weight is 216 g/mol. The lowest BCUT2D eigenvalue weighted by Gasteiger charge is -2.15. The van der Waals surface area contributed by atoms with Crippen LogP contribution in [0.4, 0.5) is 5.82 Å². The smallest absolute Gasteiger partial charge is 0.146 e. The molecule has 0 spiro atoms. The molecule has 11 heavy (non-hydrogen) atoms. The Balaban J connectivity index is 2.93. The molecule has 0 aliphatic heterocycles. The Hall–Kier alpha value is -0.640. The van der Waals surface area contributed by atoms with E-state index in [1.54, 1.807) is 12.5 Å². The molecule has 0 aliphatic carbocycles. The Bertz CT molecular complexity index is 239. The fourth-order valence-corrected chi connectivity index (χ4v) is 1.26. The summed E-state index contributed by atoms with van der Waals surface area (Å²) in [5.41, 5.74) is 0. The quantitative estimate of drug-likeness (QED) is 0.753. The van der Waals surface area contributed by atoms with Crippen LogP contribution in [0.5, 0.6) is 0 Å². The molecule has 4 heteroatoms. The lowest BCUT2D eigenvalue weighted by atomic mass is 10.5. The van der Waals surface area contributed by atoms with E-state index in [4.69, 9.17) is 0 Å². The van der Waals surface area contributed by atoms with Crippen LogP contribution in [0, 0.1) is 0 Å². The zero-order chi connectivity index (χ0) is 8.27. The first-order valence-electron chi connectivity index (χ1n) is 3.42. The Labute approximate surface area is 74.6 Å². The van der Waals surface area contributed by atoms with Crippen molar-refractivity contribution >= 4 is 21.7 Å². The molecule has 0 fully saturated rings. The Morgan fingerprint density at radius 2 is 2.36 bits per heavy atom. The van der Waals surface area contributed by atoms with Crippen molar-refractivity contribution in [1.29, 1.82) is 0 Å². The van der Waals surface area contributed by atoms with Crippen LogP contribution in [-0.2, 0) is 0 Å². The lowest BCUT2D eigenvalue weighted by molar-refractivity contribution is 0.923. The van der Waals surface area contributed by atoms with E-state index in [1.165, 1.54) is 0 Å². The normalized spacial score (nSPS) is 9.73. The van der Waals surface area contributed by atoms with Gasteiger partial charge in [0.25, 0.3) is 0 Å². The largest absolute Gasteiger partial charge is 0.359 e. The number of hydrogen-bond donors (Lipinski definition) is 0. The highest BCUT2D eigenvalue weighted by Crippen LogP contribution is 2.19. The van der Waals surface area contributed by atoms with Gasteiger partial charge in [0.15, 0.2) is 0 Å². The molecular formula is C7H10BrN3. The molecule has 0 saturated carbocycles. The summed E-state index contributed by atoms with van der Waals surface area (Å²) in [6.45, 7) is 3.02. The third-order valence-electron chi connectivity index (χ3n) is 1.48. The summed E-state index contributed by atoms with van der Waals surface area (Å²) in [6, 6.07) is 0. The van der Waals surface area contributed by atoms with Gasteiger partial charge in [0.05, 0.1) is 4.47 Å². The van der Waals surface area contributed by atoms with Crippen LogP contribution in [-0.4, -0.2) is 23.6 Å². The van der Waals surface area contributed by atoms with Crippen LogP contribution in [0.15, 0.2) is 17.0 Å². The van der Waals surface area contributed by atoms with E-state index in [9.17, 15) is 0 Å². The molecular weight excluding hydrogens is 206 g/mol. The molecule has 0 aliphatic rings. The van der Waals surface area contributed by atoms with Gasteiger partial charge in [0.2, 0.25) is 0 Å². The second-order valence-corrected chi connectivity index (χ2v) is 3.06. The lowest BCUT2D eigenvalue weighted by Crippen LogP contribution is -2.17. The van der Waals surface area contributed by atoms with Crippen molar-refractivity contribution in [2.24, 2.45) is 0 Å². The van der Waals surface area contributed by atoms with Gasteiger partial charge in [-0.2, -0.15) is 0 Å². The van der Waals surface area contributed by atoms with Crippen molar-refractivity contribution in [2.45, 2.75) is 6.92 Å². The highest BCUT2D eigenvalue weighted by molar-refractivity contribution is 9.10. The maximum Gasteiger partial charge on any atom is 0.146 e. The molecule has 1 heterocycles. The summed E-state index contributed by atoms with van der Waals surface area (Å²) in [5.74, 6) is 0.933. The van der Waals surface area contributed by atoms with Gasteiger partial charge in [-0.25, -0.2) is 9.97 Å². The first-order chi connectivity index (χ1) is 5.25. The summed E-state index contributed by atoms with van der Waals surface area (Å²) in [4.78, 5) is 10.0. The predicted octanol–water partition coefficient (Wildman–Crippen LogP) is 1.70. The zero-order valence-corrected chi connectivity index (χ0v) is 8.17. The minimum Gasteiger partial charge on any atom is -0.359 e. The number of anilines is 1. The number of halogens is 1. The van der Waals surface area contributed by atoms with E-state index < -0.39 is 0 Å². The maximum absolute atomic E-state index is 4.12. The molecule has 1 aromatic rings. The van der Waals surface area contributed by atoms with Crippen molar-refractivity contribution in [1.82, 2.24) is 9.97 Å². The van der Waals surface area contributed by atoms with E-state index in [-0.39, 0.29) is 0 Å². The van der Waals surface area contributed by atoms with Gasteiger partial charge < -0.3 is 4.90 Å². The van der Waals surface area contributed by atoms with Crippen molar-refractivity contribution in [2.75, 3.05) is 18.5 Å². The van der Waals surface area contributed by atoms with Gasteiger partial charge in [-0.3, -0.25) is 0 Å². The molecule has 0 unspecified atom stereocenters. The van der Waals surface area contributed by atoms with E-state index in [0.29, 0.717) is 0 Å². The molecule has 0 aromatic carbocycles. The van der Waals surface area contributed by atoms with Crippen LogP contribution < -0.4 is 4.90 Å². The van der Waals surface area contributed by atoms with Gasteiger partial charge in [-0.05, 0) is 22.9 Å². The number of nitrogens with zero attached hydrogens (tertiary/aromatic N) is 3. The SMILES string of the molecule is CCN(C)c1ncncc1Br. The molecule has 0 saturated heterocycles. The molecule has 0 radical (unpaired) electrons. The molecule has 3 nitrogen and oxygen atoms in total. The summed E-state index contributed by atoms with van der Waals surface area (Å²) >= 11 is 3.37. The number of hydrogen-bond acceptors (Lipinski definition) is 3. The van der Waals surface area contributed by atoms with Crippen LogP contribution >= 0.6 is 15.9 Å². The average Bonchev–Trinajstić information content (AvgIpc) is 2.04. The molecule has 1 rings (SSSR count). The van der Waals surface area contributed by atoms with Crippen molar-refractivity contribution in [3.63, 3.8) is 0 Å². The molecule has 1 aromatic heterocycles. The topological polar surface area (TPSA) is 29.0 Å². The molecule has 0 N–H and O–H groups in total. The van der Waals surface area contributed by atoms with Gasteiger partial charge in [-0.1, -0.05) is 0 Å². The third-order valence-corrected chi connectivity index (χ3v) is 2.04. The zero-order valence-electron chi connectivity index (χ0n) is 6.58. The third kappa shape index (κ3) is 1.89. The molecule has 0 bridgehead atoms. The van der Waals surface area contributed by atoms with Gasteiger partial charge >= 0.3 is 0 Å². The fourth-order valence-electron chi connectivity index (χ4n) is 0.737. The molecule has 0 amide bonds. The van der Waals surface area contributed by atoms with Crippen molar-refractivity contribution < 1.29 is 0 Å². The van der Waals surface area contributed by atoms with E-state index in [0.717, 1.165) is 16.8 Å². The van der Waals surface area contributed by atoms with E-state index >= 15 is 0 Å². The van der Waals surface area contributed by atoms with E-state index in [1.807, 2.05) is 11.9 Å². The molecule has 0 atom stereocenters. The minimum atomic E-state index is 0.933. The predicted molar refractivity (Wildman–Crippen MR) is 48.7 cm³/mol. The second-order valence-electron chi connectivity index (χ2n) is 2.21. The van der Waals surface area contributed by atoms with Gasteiger partial charge in [0, 0.05) is 19.8 Å². The van der Waals surface area contributed by atoms with Crippen molar-refractivity contribution in [3.05, 3.63) is 17.0 Å². The maximum atomic E-state index is 4.12. The second kappa shape index (κ2) is 3.67. The summed E-state index contributed by atoms with van der Waals surface area (Å²) < 4.78 is 0.935. The van der Waals surface area contributed by atoms with Crippen LogP contribution in [0.25, 0.3) is 0 Å². The Morgan fingerprint density at radius 3 is 2.91 bits per heavy atom. The first-order valence-corrected chi connectivity index (χ1v) is 4.21. The van der Waals surface area contributed by atoms with E-state index in [2.05, 4.69) is 32.8 Å². The Morgan fingerprint density at radius 1 is 1.64 bits per heavy atom. The number of aromatic nitrogens is 2. The highest BCUT2D eigenvalue weighted by Gasteiger charge is 2.03. The van der Waals surface area contributed by atoms with Crippen LogP contribution in [0.1, 0.15) is 6.92 Å². The van der Waals surface area contributed by atoms with Gasteiger partial charge in [0.1, 0.15) is 12.1 Å². The summed E-state index contributed by atoms with van der Waals surface area (Å²) in [6.07, 6.45) is 3.29. The number of rotatable bonds is 2. The van der Waals surface area contributed by atoms with Gasteiger partial charge in [-0.15, -0.1) is 0 Å². The highest BCUT2D eigenvalue weighted by atomic mass is 79.9. The van der Waals surface area contributed by atoms with Crippen LogP contribution in [0.2, 0.25) is 0 Å². The fraction of sp³-hybridized carbons (Fsp3) is 0.429. The molecule has 60 valence electrons.